The van der Waals surface area contributed by atoms with Crippen molar-refractivity contribution in [1.29, 1.82) is 0 Å². The molecule has 4 aromatic heterocycles. The van der Waals surface area contributed by atoms with Crippen LogP contribution in [0.15, 0.2) is 43.0 Å². The summed E-state index contributed by atoms with van der Waals surface area (Å²) in [5.41, 5.74) is 3.64. The van der Waals surface area contributed by atoms with E-state index >= 15 is 0 Å². The number of Topliss-reactive ketones (excluding diaryl/α,β-unsaturated/α-hetero) is 1. The maximum Gasteiger partial charge on any atom is 0.190 e. The molecule has 0 unspecified atom stereocenters. The number of nitrogens with zero attached hydrogens (tertiary/aromatic N) is 8. The molecule has 1 aliphatic heterocycles. The lowest BCUT2D eigenvalue weighted by molar-refractivity contribution is 0.0987. The molecule has 0 aromatic carbocycles. The predicted octanol–water partition coefficient (Wildman–Crippen LogP) is 2.31. The van der Waals surface area contributed by atoms with Gasteiger partial charge >= 0.3 is 0 Å². The van der Waals surface area contributed by atoms with E-state index in [1.54, 1.807) is 23.3 Å². The normalized spacial score (nSPS) is 15.5. The highest BCUT2D eigenvalue weighted by atomic mass is 16.1. The number of aryl methyl sites for hydroxylation is 1. The van der Waals surface area contributed by atoms with Crippen LogP contribution in [0.3, 0.4) is 0 Å². The number of rotatable bonds is 5. The van der Waals surface area contributed by atoms with Crippen LogP contribution in [0, 0.1) is 0 Å². The van der Waals surface area contributed by atoms with Gasteiger partial charge in [0.25, 0.3) is 0 Å². The second kappa shape index (κ2) is 7.99. The summed E-state index contributed by atoms with van der Waals surface area (Å²) in [7, 11) is 4.00. The van der Waals surface area contributed by atoms with Crippen LogP contribution in [0.5, 0.6) is 0 Å². The molecule has 5 rings (SSSR count). The van der Waals surface area contributed by atoms with E-state index in [0.717, 1.165) is 48.1 Å². The average molecular weight is 416 g/mol. The molecule has 0 radical (unpaired) electrons. The van der Waals surface area contributed by atoms with Gasteiger partial charge in [0.15, 0.2) is 5.78 Å². The Labute approximate surface area is 179 Å². The summed E-state index contributed by atoms with van der Waals surface area (Å²) in [5, 5.41) is 13.5. The van der Waals surface area contributed by atoms with Gasteiger partial charge in [-0.2, -0.15) is 5.10 Å². The first kappa shape index (κ1) is 19.5. The van der Waals surface area contributed by atoms with Crippen LogP contribution in [-0.4, -0.2) is 65.6 Å². The lowest BCUT2D eigenvalue weighted by atomic mass is 10.1. The van der Waals surface area contributed by atoms with Crippen LogP contribution in [0.4, 0.5) is 0 Å². The number of carbonyl (C=O) groups is 1. The second-order valence-corrected chi connectivity index (χ2v) is 8.19. The number of carbonyl (C=O) groups excluding carboxylic acids is 1. The standard InChI is InChI=1S/C22H24N8O/c1-28-7-5-18(6-8-28)30-14-21(26-27-30)22(31)10-17-9-20-15(11-23-17)3-4-19(25-20)16-12-24-29(2)13-16/h3-4,9,11-14,18H,5-8,10H2,1-2H3. The van der Waals surface area contributed by atoms with E-state index in [1.165, 1.54) is 0 Å². The molecule has 0 bridgehead atoms. The summed E-state index contributed by atoms with van der Waals surface area (Å²) in [6.07, 6.45) is 9.45. The molecule has 0 spiro atoms. The molecule has 4 aromatic rings. The largest absolute Gasteiger partial charge is 0.306 e. The highest BCUT2D eigenvalue weighted by Gasteiger charge is 2.21. The van der Waals surface area contributed by atoms with Gasteiger partial charge in [-0.25, -0.2) is 9.67 Å². The summed E-state index contributed by atoms with van der Waals surface area (Å²) in [4.78, 5) is 24.3. The molecule has 9 nitrogen and oxygen atoms in total. The number of piperidine rings is 1. The van der Waals surface area contributed by atoms with E-state index in [0.29, 0.717) is 17.4 Å². The predicted molar refractivity (Wildman–Crippen MR) is 116 cm³/mol. The van der Waals surface area contributed by atoms with Crippen LogP contribution in [0.1, 0.15) is 35.1 Å². The molecular formula is C22H24N8O. The van der Waals surface area contributed by atoms with Gasteiger partial charge < -0.3 is 4.90 Å². The Morgan fingerprint density at radius 3 is 2.74 bits per heavy atom. The maximum atomic E-state index is 12.8. The fourth-order valence-corrected chi connectivity index (χ4v) is 3.97. The van der Waals surface area contributed by atoms with Crippen LogP contribution < -0.4 is 0 Å². The summed E-state index contributed by atoms with van der Waals surface area (Å²) >= 11 is 0. The number of ketones is 1. The maximum absolute atomic E-state index is 12.8. The van der Waals surface area contributed by atoms with Gasteiger partial charge in [0.1, 0.15) is 5.69 Å². The number of likely N-dealkylation sites (tertiary alicyclic amines) is 1. The number of pyridine rings is 2. The van der Waals surface area contributed by atoms with Crippen molar-refractivity contribution in [2.45, 2.75) is 25.3 Å². The van der Waals surface area contributed by atoms with Gasteiger partial charge in [-0.1, -0.05) is 5.21 Å². The van der Waals surface area contributed by atoms with Crippen molar-refractivity contribution in [3.63, 3.8) is 0 Å². The third kappa shape index (κ3) is 4.09. The van der Waals surface area contributed by atoms with Crippen LogP contribution >= 0.6 is 0 Å². The molecule has 5 heterocycles. The lowest BCUT2D eigenvalue weighted by Crippen LogP contribution is -2.31. The molecule has 0 N–H and O–H groups in total. The highest BCUT2D eigenvalue weighted by molar-refractivity contribution is 5.95. The molecule has 1 aliphatic rings. The molecule has 1 saturated heterocycles. The molecule has 31 heavy (non-hydrogen) atoms. The molecule has 0 atom stereocenters. The Morgan fingerprint density at radius 1 is 1.13 bits per heavy atom. The van der Waals surface area contributed by atoms with Crippen molar-refractivity contribution in [3.8, 4) is 11.3 Å². The van der Waals surface area contributed by atoms with E-state index in [2.05, 4.69) is 32.3 Å². The number of fused-ring (bicyclic) bond motifs is 1. The first-order chi connectivity index (χ1) is 15.0. The van der Waals surface area contributed by atoms with Gasteiger partial charge in [-0.15, -0.1) is 5.10 Å². The van der Waals surface area contributed by atoms with Crippen molar-refractivity contribution in [1.82, 2.24) is 39.6 Å². The minimum atomic E-state index is -0.0885. The van der Waals surface area contributed by atoms with Gasteiger partial charge in [0.05, 0.1) is 41.8 Å². The lowest BCUT2D eigenvalue weighted by Gasteiger charge is -2.28. The van der Waals surface area contributed by atoms with Gasteiger partial charge in [0.2, 0.25) is 0 Å². The molecule has 158 valence electrons. The van der Waals surface area contributed by atoms with Gasteiger partial charge in [0, 0.05) is 30.4 Å². The SMILES string of the molecule is CN1CCC(n2cc(C(=O)Cc3cc4nc(-c5cnn(C)c5)ccc4cn3)nn2)CC1. The Hall–Kier alpha value is -3.46. The topological polar surface area (TPSA) is 94.6 Å². The first-order valence-corrected chi connectivity index (χ1v) is 10.4. The molecule has 0 aliphatic carbocycles. The third-order valence-corrected chi connectivity index (χ3v) is 5.83. The van der Waals surface area contributed by atoms with Crippen LogP contribution in [0.2, 0.25) is 0 Å². The number of hydrogen-bond donors (Lipinski definition) is 0. The fourth-order valence-electron chi connectivity index (χ4n) is 3.97. The Kier molecular flexibility index (Phi) is 5.03. The monoisotopic (exact) mass is 416 g/mol. The molecular weight excluding hydrogens is 392 g/mol. The molecule has 1 fully saturated rings. The first-order valence-electron chi connectivity index (χ1n) is 10.4. The Bertz CT molecular complexity index is 1240. The van der Waals surface area contributed by atoms with Crippen molar-refractivity contribution < 1.29 is 4.79 Å². The van der Waals surface area contributed by atoms with Crippen LogP contribution in [0.25, 0.3) is 22.2 Å². The highest BCUT2D eigenvalue weighted by Crippen LogP contribution is 2.22. The van der Waals surface area contributed by atoms with Crippen molar-refractivity contribution >= 4 is 16.7 Å². The zero-order valence-corrected chi connectivity index (χ0v) is 17.6. The smallest absolute Gasteiger partial charge is 0.190 e. The van der Waals surface area contributed by atoms with Crippen molar-refractivity contribution in [2.24, 2.45) is 7.05 Å². The van der Waals surface area contributed by atoms with Crippen molar-refractivity contribution in [3.05, 3.63) is 54.4 Å². The van der Waals surface area contributed by atoms with E-state index in [1.807, 2.05) is 36.1 Å². The zero-order chi connectivity index (χ0) is 21.4. The number of hydrogen-bond acceptors (Lipinski definition) is 7. The Balaban J connectivity index is 1.33. The quantitative estimate of drug-likeness (QED) is 0.461. The zero-order valence-electron chi connectivity index (χ0n) is 17.6. The summed E-state index contributed by atoms with van der Waals surface area (Å²) in [6.45, 7) is 2.06. The minimum absolute atomic E-state index is 0.0885. The van der Waals surface area contributed by atoms with E-state index < -0.39 is 0 Å². The van der Waals surface area contributed by atoms with Crippen LogP contribution in [-0.2, 0) is 13.5 Å². The third-order valence-electron chi connectivity index (χ3n) is 5.83. The minimum Gasteiger partial charge on any atom is -0.306 e. The summed E-state index contributed by atoms with van der Waals surface area (Å²) < 4.78 is 3.59. The average Bonchev–Trinajstić information content (AvgIpc) is 3.43. The second-order valence-electron chi connectivity index (χ2n) is 8.19. The van der Waals surface area contributed by atoms with Gasteiger partial charge in [-0.05, 0) is 51.2 Å². The molecule has 0 saturated carbocycles. The van der Waals surface area contributed by atoms with E-state index in [4.69, 9.17) is 4.98 Å². The van der Waals surface area contributed by atoms with Gasteiger partial charge in [-0.3, -0.25) is 14.5 Å². The summed E-state index contributed by atoms with van der Waals surface area (Å²) in [6, 6.07) is 6.11. The molecule has 0 amide bonds. The van der Waals surface area contributed by atoms with Crippen molar-refractivity contribution in [2.75, 3.05) is 20.1 Å². The van der Waals surface area contributed by atoms with E-state index in [9.17, 15) is 4.79 Å². The molecule has 9 heteroatoms. The Morgan fingerprint density at radius 2 is 1.97 bits per heavy atom. The number of aromatic nitrogens is 7. The fraction of sp³-hybridized carbons (Fsp3) is 0.364. The summed E-state index contributed by atoms with van der Waals surface area (Å²) in [5.74, 6) is -0.0885. The van der Waals surface area contributed by atoms with E-state index in [-0.39, 0.29) is 12.2 Å².